The van der Waals surface area contributed by atoms with Gasteiger partial charge in [0.1, 0.15) is 5.56 Å². The molecular weight excluding hydrogens is 396 g/mol. The van der Waals surface area contributed by atoms with E-state index in [1.54, 1.807) is 26.0 Å². The molecule has 0 atom stereocenters. The molecule has 0 aliphatic carbocycles. The summed E-state index contributed by atoms with van der Waals surface area (Å²) in [6.07, 6.45) is 1.36. The zero-order chi connectivity index (χ0) is 21.6. The zero-order valence-electron chi connectivity index (χ0n) is 16.9. The largest absolute Gasteiger partial charge is 0.452 e. The fraction of sp³-hybridized carbons (Fsp3) is 0.421. The normalized spacial score (nSPS) is 11.7. The Hall–Kier alpha value is -2.72. The molecule has 1 aromatic carbocycles. The first-order chi connectivity index (χ1) is 13.7. The van der Waals surface area contributed by atoms with E-state index in [4.69, 9.17) is 4.74 Å². The lowest BCUT2D eigenvalue weighted by atomic mass is 10.1. The van der Waals surface area contributed by atoms with Crippen molar-refractivity contribution in [2.45, 2.75) is 38.5 Å². The van der Waals surface area contributed by atoms with Gasteiger partial charge in [-0.2, -0.15) is 9.40 Å². The molecule has 2 rings (SSSR count). The summed E-state index contributed by atoms with van der Waals surface area (Å²) >= 11 is 0. The molecule has 10 heteroatoms. The minimum atomic E-state index is -3.64. The number of aromatic amines is 1. The van der Waals surface area contributed by atoms with Crippen molar-refractivity contribution in [1.82, 2.24) is 14.5 Å². The van der Waals surface area contributed by atoms with Crippen molar-refractivity contribution in [2.24, 2.45) is 0 Å². The Morgan fingerprint density at radius 2 is 1.93 bits per heavy atom. The Balaban J connectivity index is 2.03. The van der Waals surface area contributed by atoms with E-state index in [0.29, 0.717) is 24.5 Å². The first-order valence-corrected chi connectivity index (χ1v) is 10.7. The molecule has 0 saturated carbocycles. The highest BCUT2D eigenvalue weighted by Crippen LogP contribution is 2.20. The number of carbonyl (C=O) groups excluding carboxylic acids is 2. The number of hydrogen-bond acceptors (Lipinski definition) is 6. The molecule has 158 valence electrons. The number of ether oxygens (including phenoxy) is 1. The highest BCUT2D eigenvalue weighted by molar-refractivity contribution is 7.89. The number of aromatic nitrogens is 2. The predicted molar refractivity (Wildman–Crippen MR) is 108 cm³/mol. The molecule has 29 heavy (non-hydrogen) atoms. The smallest absolute Gasteiger partial charge is 0.342 e. The summed E-state index contributed by atoms with van der Waals surface area (Å²) in [4.78, 5) is 24.4. The number of anilines is 1. The molecule has 0 unspecified atom stereocenters. The fourth-order valence-electron chi connectivity index (χ4n) is 2.75. The van der Waals surface area contributed by atoms with Crippen molar-refractivity contribution < 1.29 is 22.7 Å². The van der Waals surface area contributed by atoms with Crippen LogP contribution in [-0.2, 0) is 19.6 Å². The van der Waals surface area contributed by atoms with Crippen LogP contribution in [0.4, 0.5) is 5.69 Å². The number of benzene rings is 1. The first kappa shape index (κ1) is 22.6. The van der Waals surface area contributed by atoms with Crippen LogP contribution in [0.25, 0.3) is 0 Å². The maximum absolute atomic E-state index is 12.6. The number of hydrogen-bond donors (Lipinski definition) is 2. The van der Waals surface area contributed by atoms with E-state index >= 15 is 0 Å². The highest BCUT2D eigenvalue weighted by atomic mass is 32.2. The van der Waals surface area contributed by atoms with Gasteiger partial charge in [-0.25, -0.2) is 13.2 Å². The van der Waals surface area contributed by atoms with E-state index in [-0.39, 0.29) is 16.4 Å². The molecule has 1 aromatic heterocycles. The Morgan fingerprint density at radius 1 is 1.24 bits per heavy atom. The van der Waals surface area contributed by atoms with Crippen LogP contribution in [-0.4, -0.2) is 54.5 Å². The number of nitrogens with zero attached hydrogens (tertiary/aromatic N) is 2. The molecule has 0 bridgehead atoms. The number of carbonyl (C=O) groups is 2. The molecule has 0 aliphatic rings. The number of nitrogens with one attached hydrogen (secondary N) is 2. The van der Waals surface area contributed by atoms with Crippen LogP contribution in [0, 0.1) is 0 Å². The molecule has 0 fully saturated rings. The van der Waals surface area contributed by atoms with Crippen LogP contribution in [0.15, 0.2) is 35.4 Å². The average molecular weight is 423 g/mol. The Labute approximate surface area is 170 Å². The molecule has 2 aromatic rings. The lowest BCUT2D eigenvalue weighted by Gasteiger charge is -2.18. The molecule has 0 spiro atoms. The van der Waals surface area contributed by atoms with Gasteiger partial charge >= 0.3 is 5.97 Å². The SMILES string of the molecule is CCN(CC)S(=O)(=O)c1cccc(NC(=O)COC(=O)c2cn[nH]c2C(C)C)c1. The van der Waals surface area contributed by atoms with Gasteiger partial charge in [-0.15, -0.1) is 0 Å². The molecule has 0 aliphatic heterocycles. The van der Waals surface area contributed by atoms with E-state index in [2.05, 4.69) is 15.5 Å². The van der Waals surface area contributed by atoms with Gasteiger partial charge in [0, 0.05) is 18.8 Å². The van der Waals surface area contributed by atoms with E-state index in [0.717, 1.165) is 0 Å². The summed E-state index contributed by atoms with van der Waals surface area (Å²) in [5.41, 5.74) is 1.20. The number of amides is 1. The van der Waals surface area contributed by atoms with Crippen molar-refractivity contribution in [1.29, 1.82) is 0 Å². The summed E-state index contributed by atoms with van der Waals surface area (Å²) in [5, 5.41) is 9.12. The molecule has 2 N–H and O–H groups in total. The maximum Gasteiger partial charge on any atom is 0.342 e. The van der Waals surface area contributed by atoms with Gasteiger partial charge in [0.05, 0.1) is 16.8 Å². The van der Waals surface area contributed by atoms with Crippen molar-refractivity contribution in [3.05, 3.63) is 41.7 Å². The third-order valence-electron chi connectivity index (χ3n) is 4.26. The van der Waals surface area contributed by atoms with E-state index in [1.165, 1.54) is 22.6 Å². The lowest BCUT2D eigenvalue weighted by molar-refractivity contribution is -0.119. The second kappa shape index (κ2) is 9.66. The van der Waals surface area contributed by atoms with Gasteiger partial charge in [0.25, 0.3) is 5.91 Å². The Kier molecular flexibility index (Phi) is 7.52. The lowest BCUT2D eigenvalue weighted by Crippen LogP contribution is -2.30. The van der Waals surface area contributed by atoms with Gasteiger partial charge in [-0.3, -0.25) is 9.89 Å². The quantitative estimate of drug-likeness (QED) is 0.598. The number of H-pyrrole nitrogens is 1. The summed E-state index contributed by atoms with van der Waals surface area (Å²) < 4.78 is 31.6. The molecule has 1 amide bonds. The minimum Gasteiger partial charge on any atom is -0.452 e. The summed E-state index contributed by atoms with van der Waals surface area (Å²) in [7, 11) is -3.64. The van der Waals surface area contributed by atoms with Crippen LogP contribution in [0.3, 0.4) is 0 Å². The van der Waals surface area contributed by atoms with E-state index < -0.39 is 28.5 Å². The third kappa shape index (κ3) is 5.42. The standard InChI is InChI=1S/C19H26N4O5S/c1-5-23(6-2)29(26,27)15-9-7-8-14(10-15)21-17(24)12-28-19(25)16-11-20-22-18(16)13(3)4/h7-11,13H,5-6,12H2,1-4H3,(H,20,22)(H,21,24). The molecule has 9 nitrogen and oxygen atoms in total. The molecule has 1 heterocycles. The average Bonchev–Trinajstić information content (AvgIpc) is 3.17. The number of sulfonamides is 1. The topological polar surface area (TPSA) is 121 Å². The summed E-state index contributed by atoms with van der Waals surface area (Å²) in [5.74, 6) is -1.19. The third-order valence-corrected chi connectivity index (χ3v) is 6.31. The van der Waals surface area contributed by atoms with Crippen molar-refractivity contribution >= 4 is 27.6 Å². The number of esters is 1. The van der Waals surface area contributed by atoms with E-state index in [1.807, 2.05) is 13.8 Å². The van der Waals surface area contributed by atoms with E-state index in [9.17, 15) is 18.0 Å². The van der Waals surface area contributed by atoms with Gasteiger partial charge in [-0.05, 0) is 24.1 Å². The Bertz CT molecular complexity index is 964. The number of rotatable bonds is 9. The van der Waals surface area contributed by atoms with Crippen LogP contribution in [0.2, 0.25) is 0 Å². The van der Waals surface area contributed by atoms with Gasteiger partial charge in [0.15, 0.2) is 6.61 Å². The maximum atomic E-state index is 12.6. The zero-order valence-corrected chi connectivity index (χ0v) is 17.7. The van der Waals surface area contributed by atoms with Crippen molar-refractivity contribution in [3.63, 3.8) is 0 Å². The summed E-state index contributed by atoms with van der Waals surface area (Å²) in [6.45, 7) is 7.49. The first-order valence-electron chi connectivity index (χ1n) is 9.31. The molecular formula is C19H26N4O5S. The molecule has 0 saturated heterocycles. The Morgan fingerprint density at radius 3 is 2.55 bits per heavy atom. The molecule has 0 radical (unpaired) electrons. The summed E-state index contributed by atoms with van der Waals surface area (Å²) in [6, 6.07) is 5.95. The van der Waals surface area contributed by atoms with Crippen molar-refractivity contribution in [2.75, 3.05) is 25.0 Å². The predicted octanol–water partition coefficient (Wildman–Crippen LogP) is 2.36. The second-order valence-electron chi connectivity index (χ2n) is 6.59. The second-order valence-corrected chi connectivity index (χ2v) is 8.53. The van der Waals surface area contributed by atoms with Gasteiger partial charge in [0.2, 0.25) is 10.0 Å². The van der Waals surface area contributed by atoms with Gasteiger partial charge < -0.3 is 10.1 Å². The van der Waals surface area contributed by atoms with Gasteiger partial charge in [-0.1, -0.05) is 33.8 Å². The van der Waals surface area contributed by atoms with Crippen LogP contribution < -0.4 is 5.32 Å². The van der Waals surface area contributed by atoms with Crippen LogP contribution >= 0.6 is 0 Å². The minimum absolute atomic E-state index is 0.0457. The fourth-order valence-corrected chi connectivity index (χ4v) is 4.26. The van der Waals surface area contributed by atoms with Crippen molar-refractivity contribution in [3.8, 4) is 0 Å². The highest BCUT2D eigenvalue weighted by Gasteiger charge is 2.22. The van der Waals surface area contributed by atoms with Crippen LogP contribution in [0.5, 0.6) is 0 Å². The monoisotopic (exact) mass is 422 g/mol. The van der Waals surface area contributed by atoms with Crippen LogP contribution in [0.1, 0.15) is 49.7 Å².